The standard InChI is InChI=1S/C15H13BrO2/c1-11-6-8-12(9-7-11)14(17)10-18-15-5-3-2-4-13(15)16/h2-9H,10H2,1H3. The van der Waals surface area contributed by atoms with Crippen molar-refractivity contribution in [3.8, 4) is 5.75 Å². The van der Waals surface area contributed by atoms with Crippen molar-refractivity contribution >= 4 is 21.7 Å². The van der Waals surface area contributed by atoms with Gasteiger partial charge in [-0.05, 0) is 35.0 Å². The topological polar surface area (TPSA) is 26.3 Å². The second-order valence-corrected chi connectivity index (χ2v) is 4.86. The zero-order valence-corrected chi connectivity index (χ0v) is 11.6. The number of Topliss-reactive ketones (excluding diaryl/α,β-unsaturated/α-hetero) is 1. The summed E-state index contributed by atoms with van der Waals surface area (Å²) in [6, 6.07) is 15.0. The van der Waals surface area contributed by atoms with Gasteiger partial charge in [0, 0.05) is 5.56 Å². The summed E-state index contributed by atoms with van der Waals surface area (Å²) < 4.78 is 6.34. The lowest BCUT2D eigenvalue weighted by molar-refractivity contribution is 0.0921. The zero-order valence-electron chi connectivity index (χ0n) is 10.0. The second kappa shape index (κ2) is 5.83. The lowest BCUT2D eigenvalue weighted by Gasteiger charge is -2.07. The van der Waals surface area contributed by atoms with Crippen LogP contribution < -0.4 is 4.74 Å². The highest BCUT2D eigenvalue weighted by Gasteiger charge is 2.07. The zero-order chi connectivity index (χ0) is 13.0. The third-order valence-electron chi connectivity index (χ3n) is 2.57. The van der Waals surface area contributed by atoms with Crippen LogP contribution in [0.2, 0.25) is 0 Å². The molecule has 2 aromatic carbocycles. The van der Waals surface area contributed by atoms with Gasteiger partial charge in [0.05, 0.1) is 4.47 Å². The number of aryl methyl sites for hydroxylation is 1. The summed E-state index contributed by atoms with van der Waals surface area (Å²) in [5, 5.41) is 0. The Morgan fingerprint density at radius 3 is 2.44 bits per heavy atom. The van der Waals surface area contributed by atoms with Gasteiger partial charge in [0.15, 0.2) is 12.4 Å². The molecule has 0 bridgehead atoms. The molecule has 92 valence electrons. The molecule has 2 aromatic rings. The summed E-state index contributed by atoms with van der Waals surface area (Å²) in [6.07, 6.45) is 0. The first-order chi connectivity index (χ1) is 8.66. The molecule has 0 atom stereocenters. The Morgan fingerprint density at radius 2 is 1.78 bits per heavy atom. The summed E-state index contributed by atoms with van der Waals surface area (Å²) in [6.45, 7) is 2.04. The lowest BCUT2D eigenvalue weighted by Crippen LogP contribution is -2.11. The summed E-state index contributed by atoms with van der Waals surface area (Å²) in [7, 11) is 0. The molecule has 0 aliphatic rings. The Morgan fingerprint density at radius 1 is 1.11 bits per heavy atom. The minimum atomic E-state index is -0.0225. The maximum Gasteiger partial charge on any atom is 0.200 e. The highest BCUT2D eigenvalue weighted by atomic mass is 79.9. The van der Waals surface area contributed by atoms with Gasteiger partial charge in [0.1, 0.15) is 5.75 Å². The summed E-state index contributed by atoms with van der Waals surface area (Å²) in [5.41, 5.74) is 1.81. The number of carbonyl (C=O) groups excluding carboxylic acids is 1. The van der Waals surface area contributed by atoms with Gasteiger partial charge in [0.25, 0.3) is 0 Å². The Labute approximate surface area is 115 Å². The molecule has 0 aliphatic heterocycles. The third-order valence-corrected chi connectivity index (χ3v) is 3.22. The summed E-state index contributed by atoms with van der Waals surface area (Å²) >= 11 is 3.38. The molecule has 0 radical (unpaired) electrons. The number of para-hydroxylation sites is 1. The smallest absolute Gasteiger partial charge is 0.200 e. The normalized spacial score (nSPS) is 10.1. The van der Waals surface area contributed by atoms with Gasteiger partial charge in [-0.1, -0.05) is 42.0 Å². The number of hydrogen-bond donors (Lipinski definition) is 0. The van der Waals surface area contributed by atoms with Crippen LogP contribution in [0.25, 0.3) is 0 Å². The fourth-order valence-corrected chi connectivity index (χ4v) is 1.93. The van der Waals surface area contributed by atoms with Gasteiger partial charge < -0.3 is 4.74 Å². The molecule has 0 amide bonds. The van der Waals surface area contributed by atoms with E-state index in [2.05, 4.69) is 15.9 Å². The van der Waals surface area contributed by atoms with E-state index in [4.69, 9.17) is 4.74 Å². The molecule has 0 N–H and O–H groups in total. The molecule has 0 saturated heterocycles. The van der Waals surface area contributed by atoms with Crippen molar-refractivity contribution in [2.45, 2.75) is 6.92 Å². The molecule has 2 rings (SSSR count). The van der Waals surface area contributed by atoms with Gasteiger partial charge in [-0.25, -0.2) is 0 Å². The molecule has 0 aliphatic carbocycles. The van der Waals surface area contributed by atoms with Crippen LogP contribution in [0.3, 0.4) is 0 Å². The molecule has 0 aromatic heterocycles. The first-order valence-corrected chi connectivity index (χ1v) is 6.43. The predicted octanol–water partition coefficient (Wildman–Crippen LogP) is 4.02. The molecule has 0 unspecified atom stereocenters. The Bertz CT molecular complexity index is 547. The predicted molar refractivity (Wildman–Crippen MR) is 75.1 cm³/mol. The van der Waals surface area contributed by atoms with E-state index in [1.54, 1.807) is 0 Å². The fourth-order valence-electron chi connectivity index (χ4n) is 1.53. The third kappa shape index (κ3) is 3.20. The van der Waals surface area contributed by atoms with E-state index in [1.807, 2.05) is 55.5 Å². The van der Waals surface area contributed by atoms with Crippen LogP contribution in [-0.4, -0.2) is 12.4 Å². The first kappa shape index (κ1) is 12.8. The fraction of sp³-hybridized carbons (Fsp3) is 0.133. The summed E-state index contributed by atoms with van der Waals surface area (Å²) in [4.78, 5) is 11.9. The van der Waals surface area contributed by atoms with Gasteiger partial charge in [0.2, 0.25) is 0 Å². The molecule has 0 heterocycles. The number of ether oxygens (including phenoxy) is 1. The van der Waals surface area contributed by atoms with E-state index in [0.29, 0.717) is 11.3 Å². The molecule has 0 saturated carbocycles. The van der Waals surface area contributed by atoms with Crippen LogP contribution in [0.4, 0.5) is 0 Å². The van der Waals surface area contributed by atoms with Gasteiger partial charge in [-0.3, -0.25) is 4.79 Å². The first-order valence-electron chi connectivity index (χ1n) is 5.64. The van der Waals surface area contributed by atoms with Gasteiger partial charge in [-0.2, -0.15) is 0 Å². The molecule has 18 heavy (non-hydrogen) atoms. The number of ketones is 1. The maximum atomic E-state index is 11.9. The largest absolute Gasteiger partial charge is 0.484 e. The van der Waals surface area contributed by atoms with E-state index < -0.39 is 0 Å². The average Bonchev–Trinajstić information content (AvgIpc) is 2.38. The van der Waals surface area contributed by atoms with Crippen molar-refractivity contribution in [3.05, 3.63) is 64.1 Å². The van der Waals surface area contributed by atoms with Crippen molar-refractivity contribution < 1.29 is 9.53 Å². The molecule has 0 spiro atoms. The SMILES string of the molecule is Cc1ccc(C(=O)COc2ccccc2Br)cc1. The van der Waals surface area contributed by atoms with Crippen LogP contribution >= 0.6 is 15.9 Å². The van der Waals surface area contributed by atoms with Crippen molar-refractivity contribution in [1.29, 1.82) is 0 Å². The summed E-state index contributed by atoms with van der Waals surface area (Å²) in [5.74, 6) is 0.656. The Hall–Kier alpha value is -1.61. The number of rotatable bonds is 4. The maximum absolute atomic E-state index is 11.9. The quantitative estimate of drug-likeness (QED) is 0.798. The van der Waals surface area contributed by atoms with E-state index in [9.17, 15) is 4.79 Å². The molecule has 3 heteroatoms. The van der Waals surface area contributed by atoms with Crippen LogP contribution in [0.5, 0.6) is 5.75 Å². The highest BCUT2D eigenvalue weighted by molar-refractivity contribution is 9.10. The minimum Gasteiger partial charge on any atom is -0.484 e. The average molecular weight is 305 g/mol. The molecule has 2 nitrogen and oxygen atoms in total. The highest BCUT2D eigenvalue weighted by Crippen LogP contribution is 2.23. The molecule has 0 fully saturated rings. The van der Waals surface area contributed by atoms with Crippen molar-refractivity contribution in [2.75, 3.05) is 6.61 Å². The second-order valence-electron chi connectivity index (χ2n) is 4.01. The van der Waals surface area contributed by atoms with Crippen molar-refractivity contribution in [1.82, 2.24) is 0 Å². The number of benzene rings is 2. The van der Waals surface area contributed by atoms with Crippen molar-refractivity contribution in [2.24, 2.45) is 0 Å². The van der Waals surface area contributed by atoms with Crippen molar-refractivity contribution in [3.63, 3.8) is 0 Å². The van der Waals surface area contributed by atoms with Gasteiger partial charge in [-0.15, -0.1) is 0 Å². The van der Waals surface area contributed by atoms with Crippen LogP contribution in [0, 0.1) is 6.92 Å². The van der Waals surface area contributed by atoms with Gasteiger partial charge >= 0.3 is 0 Å². The minimum absolute atomic E-state index is 0.0225. The lowest BCUT2D eigenvalue weighted by atomic mass is 10.1. The van der Waals surface area contributed by atoms with E-state index in [-0.39, 0.29) is 12.4 Å². The van der Waals surface area contributed by atoms with Crippen LogP contribution in [0.1, 0.15) is 15.9 Å². The molecular weight excluding hydrogens is 292 g/mol. The van der Waals surface area contributed by atoms with Crippen LogP contribution in [-0.2, 0) is 0 Å². The Balaban J connectivity index is 2.01. The Kier molecular flexibility index (Phi) is 4.15. The number of carbonyl (C=O) groups is 1. The number of halogens is 1. The molecular formula is C15H13BrO2. The van der Waals surface area contributed by atoms with E-state index in [1.165, 1.54) is 0 Å². The van der Waals surface area contributed by atoms with E-state index in [0.717, 1.165) is 10.0 Å². The number of hydrogen-bond acceptors (Lipinski definition) is 2. The van der Waals surface area contributed by atoms with E-state index >= 15 is 0 Å². The van der Waals surface area contributed by atoms with Crippen LogP contribution in [0.15, 0.2) is 53.0 Å². The monoisotopic (exact) mass is 304 g/mol.